The van der Waals surface area contributed by atoms with Crippen LogP contribution in [0.2, 0.25) is 10.0 Å². The molecule has 0 unspecified atom stereocenters. The van der Waals surface area contributed by atoms with Crippen molar-refractivity contribution in [2.45, 2.75) is 19.9 Å². The molecule has 5 heteroatoms. The Hall–Kier alpha value is -1.06. The van der Waals surface area contributed by atoms with Crippen LogP contribution in [-0.4, -0.2) is 15.0 Å². The van der Waals surface area contributed by atoms with Crippen molar-refractivity contribution in [2.24, 2.45) is 0 Å². The fraction of sp³-hybridized carbons (Fsp3) is 0.273. The topological polar surface area (TPSA) is 30.7 Å². The molecule has 16 heavy (non-hydrogen) atoms. The van der Waals surface area contributed by atoms with E-state index < -0.39 is 0 Å². The third-order valence-corrected chi connectivity index (χ3v) is 2.89. The summed E-state index contributed by atoms with van der Waals surface area (Å²) >= 11 is 12.2. The minimum Gasteiger partial charge on any atom is -0.249 e. The number of aromatic nitrogens is 3. The molecule has 0 atom stereocenters. The van der Waals surface area contributed by atoms with Crippen molar-refractivity contribution < 1.29 is 0 Å². The van der Waals surface area contributed by atoms with Crippen LogP contribution in [0, 0.1) is 0 Å². The molecule has 0 aliphatic heterocycles. The molecule has 0 amide bonds. The Morgan fingerprint density at radius 2 is 1.81 bits per heavy atom. The van der Waals surface area contributed by atoms with Gasteiger partial charge in [0.15, 0.2) is 0 Å². The van der Waals surface area contributed by atoms with Crippen molar-refractivity contribution in [1.82, 2.24) is 15.0 Å². The van der Waals surface area contributed by atoms with Gasteiger partial charge < -0.3 is 0 Å². The zero-order valence-corrected chi connectivity index (χ0v) is 10.5. The lowest BCUT2D eigenvalue weighted by Gasteiger charge is -2.03. The first-order valence-corrected chi connectivity index (χ1v) is 5.71. The molecule has 84 valence electrons. The summed E-state index contributed by atoms with van der Waals surface area (Å²) in [7, 11) is 0. The minimum absolute atomic E-state index is 0.266. The van der Waals surface area contributed by atoms with Crippen LogP contribution in [0.5, 0.6) is 0 Å². The van der Waals surface area contributed by atoms with E-state index in [1.165, 1.54) is 0 Å². The predicted molar refractivity (Wildman–Crippen MR) is 65.9 cm³/mol. The molecule has 0 aliphatic carbocycles. The lowest BCUT2D eigenvalue weighted by molar-refractivity contribution is 0.514. The van der Waals surface area contributed by atoms with Gasteiger partial charge in [-0.05, 0) is 26.0 Å². The maximum Gasteiger partial charge on any atom is 0.116 e. The number of rotatable bonds is 2. The van der Waals surface area contributed by atoms with E-state index in [0.29, 0.717) is 15.7 Å². The highest BCUT2D eigenvalue weighted by atomic mass is 35.5. The average Bonchev–Trinajstić information content (AvgIpc) is 2.66. The highest BCUT2D eigenvalue weighted by Gasteiger charge is 2.12. The molecule has 1 aromatic carbocycles. The number of hydrogen-bond acceptors (Lipinski definition) is 2. The van der Waals surface area contributed by atoms with Crippen molar-refractivity contribution in [3.63, 3.8) is 0 Å². The van der Waals surface area contributed by atoms with Gasteiger partial charge in [-0.2, -0.15) is 0 Å². The van der Waals surface area contributed by atoms with Crippen LogP contribution < -0.4 is 0 Å². The monoisotopic (exact) mass is 255 g/mol. The van der Waals surface area contributed by atoms with Gasteiger partial charge in [-0.1, -0.05) is 34.5 Å². The molecule has 1 heterocycles. The van der Waals surface area contributed by atoms with Gasteiger partial charge >= 0.3 is 0 Å². The van der Waals surface area contributed by atoms with Crippen molar-refractivity contribution in [1.29, 1.82) is 0 Å². The Labute approximate surface area is 104 Å². The fourth-order valence-electron chi connectivity index (χ4n) is 1.39. The second-order valence-corrected chi connectivity index (χ2v) is 4.59. The van der Waals surface area contributed by atoms with Gasteiger partial charge in [0.2, 0.25) is 0 Å². The summed E-state index contributed by atoms with van der Waals surface area (Å²) in [6.07, 6.45) is 1.84. The molecule has 3 nitrogen and oxygen atoms in total. The van der Waals surface area contributed by atoms with E-state index in [1.54, 1.807) is 22.9 Å². The van der Waals surface area contributed by atoms with Crippen molar-refractivity contribution in [2.75, 3.05) is 0 Å². The molecule has 0 saturated carbocycles. The molecule has 0 bridgehead atoms. The standard InChI is InChI=1S/C11H11Cl2N3/c1-7(2)16-6-10(14-15-16)11-8(12)4-3-5-9(11)13/h3-7H,1-2H3. The first kappa shape index (κ1) is 11.4. The quantitative estimate of drug-likeness (QED) is 0.817. The summed E-state index contributed by atoms with van der Waals surface area (Å²) in [5.41, 5.74) is 1.43. The molecule has 1 aromatic heterocycles. The minimum atomic E-state index is 0.266. The van der Waals surface area contributed by atoms with Crippen LogP contribution in [0.15, 0.2) is 24.4 Å². The Balaban J connectivity index is 2.50. The smallest absolute Gasteiger partial charge is 0.116 e. The van der Waals surface area contributed by atoms with Gasteiger partial charge in [-0.3, -0.25) is 0 Å². The Kier molecular flexibility index (Phi) is 3.17. The van der Waals surface area contributed by atoms with Crippen LogP contribution in [0.25, 0.3) is 11.3 Å². The summed E-state index contributed by atoms with van der Waals surface area (Å²) in [5.74, 6) is 0. The molecule has 2 rings (SSSR count). The van der Waals surface area contributed by atoms with Crippen LogP contribution >= 0.6 is 23.2 Å². The van der Waals surface area contributed by atoms with Crippen molar-refractivity contribution in [3.8, 4) is 11.3 Å². The second kappa shape index (κ2) is 4.44. The van der Waals surface area contributed by atoms with Gasteiger partial charge in [0.1, 0.15) is 5.69 Å². The zero-order valence-electron chi connectivity index (χ0n) is 8.98. The van der Waals surface area contributed by atoms with Gasteiger partial charge in [0.25, 0.3) is 0 Å². The summed E-state index contributed by atoms with van der Waals surface area (Å²) in [6, 6.07) is 5.65. The van der Waals surface area contributed by atoms with Gasteiger partial charge in [-0.25, -0.2) is 4.68 Å². The third-order valence-electron chi connectivity index (χ3n) is 2.26. The zero-order chi connectivity index (χ0) is 11.7. The lowest BCUT2D eigenvalue weighted by atomic mass is 10.2. The molecule has 0 aliphatic rings. The summed E-state index contributed by atoms with van der Waals surface area (Å²) in [5, 5.41) is 9.27. The Morgan fingerprint density at radius 3 is 2.31 bits per heavy atom. The summed E-state index contributed by atoms with van der Waals surface area (Å²) in [6.45, 7) is 4.07. The maximum absolute atomic E-state index is 6.09. The molecule has 0 spiro atoms. The van der Waals surface area contributed by atoms with Crippen LogP contribution in [0.4, 0.5) is 0 Å². The van der Waals surface area contributed by atoms with Crippen molar-refractivity contribution >= 4 is 23.2 Å². The van der Waals surface area contributed by atoms with E-state index in [2.05, 4.69) is 10.3 Å². The van der Waals surface area contributed by atoms with E-state index in [4.69, 9.17) is 23.2 Å². The predicted octanol–water partition coefficient (Wildman–Crippen LogP) is 3.83. The summed E-state index contributed by atoms with van der Waals surface area (Å²) < 4.78 is 1.77. The molecule has 0 fully saturated rings. The highest BCUT2D eigenvalue weighted by Crippen LogP contribution is 2.33. The maximum atomic E-state index is 6.09. The largest absolute Gasteiger partial charge is 0.249 e. The first-order valence-electron chi connectivity index (χ1n) is 4.96. The Bertz CT molecular complexity index is 485. The highest BCUT2D eigenvalue weighted by molar-refractivity contribution is 6.39. The molecular formula is C11H11Cl2N3. The van der Waals surface area contributed by atoms with Crippen LogP contribution in [-0.2, 0) is 0 Å². The number of hydrogen-bond donors (Lipinski definition) is 0. The van der Waals surface area contributed by atoms with E-state index in [9.17, 15) is 0 Å². The third kappa shape index (κ3) is 2.06. The molecular weight excluding hydrogens is 245 g/mol. The first-order chi connectivity index (χ1) is 7.59. The Morgan fingerprint density at radius 1 is 1.19 bits per heavy atom. The van der Waals surface area contributed by atoms with E-state index >= 15 is 0 Å². The van der Waals surface area contributed by atoms with Gasteiger partial charge in [0.05, 0.1) is 16.2 Å². The van der Waals surface area contributed by atoms with E-state index in [-0.39, 0.29) is 6.04 Å². The normalized spacial score (nSPS) is 11.1. The number of nitrogens with zero attached hydrogens (tertiary/aromatic N) is 3. The molecule has 0 radical (unpaired) electrons. The average molecular weight is 256 g/mol. The molecule has 0 N–H and O–H groups in total. The lowest BCUT2D eigenvalue weighted by Crippen LogP contribution is -2.00. The van der Waals surface area contributed by atoms with Gasteiger partial charge in [-0.15, -0.1) is 5.10 Å². The second-order valence-electron chi connectivity index (χ2n) is 3.77. The van der Waals surface area contributed by atoms with Gasteiger partial charge in [0, 0.05) is 11.6 Å². The van der Waals surface area contributed by atoms with Crippen molar-refractivity contribution in [3.05, 3.63) is 34.4 Å². The number of halogens is 2. The van der Waals surface area contributed by atoms with Crippen LogP contribution in [0.3, 0.4) is 0 Å². The van der Waals surface area contributed by atoms with E-state index in [1.807, 2.05) is 20.0 Å². The fourth-order valence-corrected chi connectivity index (χ4v) is 1.98. The molecule has 2 aromatic rings. The van der Waals surface area contributed by atoms with E-state index in [0.717, 1.165) is 5.56 Å². The number of benzene rings is 1. The summed E-state index contributed by atoms with van der Waals surface area (Å²) in [4.78, 5) is 0. The van der Waals surface area contributed by atoms with Crippen LogP contribution in [0.1, 0.15) is 19.9 Å². The molecule has 0 saturated heterocycles. The SMILES string of the molecule is CC(C)n1cc(-c2c(Cl)cccc2Cl)nn1.